The maximum Gasteiger partial charge on any atom is 0.255 e. The van der Waals surface area contributed by atoms with E-state index in [2.05, 4.69) is 0 Å². The van der Waals surface area contributed by atoms with E-state index in [4.69, 9.17) is 11.6 Å². The van der Waals surface area contributed by atoms with E-state index in [1.807, 2.05) is 18.4 Å². The molecule has 1 aliphatic heterocycles. The van der Waals surface area contributed by atoms with E-state index in [0.717, 1.165) is 12.0 Å². The van der Waals surface area contributed by atoms with Gasteiger partial charge in [-0.15, -0.1) is 11.3 Å². The molecule has 0 saturated heterocycles. The summed E-state index contributed by atoms with van der Waals surface area (Å²) in [5.41, 5.74) is 1.37. The summed E-state index contributed by atoms with van der Waals surface area (Å²) in [6.45, 7) is 6.18. The number of halogens is 1. The lowest BCUT2D eigenvalue weighted by Gasteiger charge is -2.34. The van der Waals surface area contributed by atoms with Crippen molar-refractivity contribution in [1.29, 1.82) is 0 Å². The number of carbonyl (C=O) groups excluding carboxylic acids is 1. The van der Waals surface area contributed by atoms with Crippen molar-refractivity contribution in [3.05, 3.63) is 50.7 Å². The molecule has 1 unspecified atom stereocenters. The third-order valence-corrected chi connectivity index (χ3v) is 8.47. The third-order valence-electron chi connectivity index (χ3n) is 5.11. The number of hydrogen-bond donors (Lipinski definition) is 0. The van der Waals surface area contributed by atoms with E-state index in [9.17, 15) is 13.2 Å². The van der Waals surface area contributed by atoms with Gasteiger partial charge in [0.25, 0.3) is 5.91 Å². The number of fused-ring (bicyclic) bond motifs is 1. The minimum Gasteiger partial charge on any atom is -0.331 e. The van der Waals surface area contributed by atoms with Crippen LogP contribution in [0.5, 0.6) is 0 Å². The van der Waals surface area contributed by atoms with E-state index in [1.165, 1.54) is 34.4 Å². The maximum absolute atomic E-state index is 13.2. The highest BCUT2D eigenvalue weighted by Gasteiger charge is 2.31. The molecule has 3 rings (SSSR count). The average molecular weight is 427 g/mol. The molecular weight excluding hydrogens is 404 g/mol. The summed E-state index contributed by atoms with van der Waals surface area (Å²) in [7, 11) is -2.16. The summed E-state index contributed by atoms with van der Waals surface area (Å²) in [4.78, 5) is 16.3. The molecule has 0 fully saturated rings. The molecule has 0 spiro atoms. The minimum absolute atomic E-state index is 0.0674. The quantitative estimate of drug-likeness (QED) is 0.736. The van der Waals surface area contributed by atoms with Crippen molar-refractivity contribution in [2.24, 2.45) is 0 Å². The maximum atomic E-state index is 13.2. The van der Waals surface area contributed by atoms with Gasteiger partial charge in [0, 0.05) is 24.5 Å². The Balaban J connectivity index is 1.97. The molecule has 1 atom stereocenters. The first-order valence-corrected chi connectivity index (χ1v) is 11.5. The summed E-state index contributed by atoms with van der Waals surface area (Å²) in [5, 5.41) is 2.30. The van der Waals surface area contributed by atoms with Crippen LogP contribution in [0.25, 0.3) is 0 Å². The SMILES string of the molecule is CC1c2ccsc2CCN1C(=O)c1cc(S(=O)(=O)N(C)C(C)C)ccc1Cl. The number of nitrogens with zero attached hydrogens (tertiary/aromatic N) is 2. The Morgan fingerprint density at radius 1 is 1.33 bits per heavy atom. The molecule has 1 amide bonds. The molecule has 0 aliphatic carbocycles. The lowest BCUT2D eigenvalue weighted by atomic mass is 10.0. The zero-order valence-electron chi connectivity index (χ0n) is 15.8. The van der Waals surface area contributed by atoms with Gasteiger partial charge in [-0.1, -0.05) is 11.6 Å². The highest BCUT2D eigenvalue weighted by Crippen LogP contribution is 2.35. The fourth-order valence-corrected chi connectivity index (χ4v) is 5.77. The molecule has 0 radical (unpaired) electrons. The molecule has 0 bridgehead atoms. The molecule has 2 heterocycles. The Morgan fingerprint density at radius 2 is 2.04 bits per heavy atom. The molecule has 146 valence electrons. The lowest BCUT2D eigenvalue weighted by molar-refractivity contribution is 0.0679. The third kappa shape index (κ3) is 3.66. The monoisotopic (exact) mass is 426 g/mol. The summed E-state index contributed by atoms with van der Waals surface area (Å²) >= 11 is 7.98. The van der Waals surface area contributed by atoms with Crippen LogP contribution in [0, 0.1) is 0 Å². The largest absolute Gasteiger partial charge is 0.331 e. The van der Waals surface area contributed by atoms with Crippen molar-refractivity contribution < 1.29 is 13.2 Å². The summed E-state index contributed by atoms with van der Waals surface area (Å²) in [6, 6.07) is 6.12. The van der Waals surface area contributed by atoms with Crippen LogP contribution >= 0.6 is 22.9 Å². The van der Waals surface area contributed by atoms with Gasteiger partial charge < -0.3 is 4.90 Å². The van der Waals surface area contributed by atoms with Crippen LogP contribution < -0.4 is 0 Å². The number of amides is 1. The second kappa shape index (κ2) is 7.54. The summed E-state index contributed by atoms with van der Waals surface area (Å²) in [6.07, 6.45) is 0.800. The fourth-order valence-electron chi connectivity index (χ4n) is 3.21. The Kier molecular flexibility index (Phi) is 5.68. The van der Waals surface area contributed by atoms with E-state index in [-0.39, 0.29) is 33.5 Å². The number of hydrogen-bond acceptors (Lipinski definition) is 4. The van der Waals surface area contributed by atoms with Gasteiger partial charge in [-0.3, -0.25) is 4.79 Å². The van der Waals surface area contributed by atoms with Crippen LogP contribution in [0.4, 0.5) is 0 Å². The van der Waals surface area contributed by atoms with Crippen molar-refractivity contribution in [1.82, 2.24) is 9.21 Å². The molecule has 1 aliphatic rings. The molecule has 0 N–H and O–H groups in total. The first kappa shape index (κ1) is 20.3. The Hall–Kier alpha value is -1.41. The van der Waals surface area contributed by atoms with Gasteiger partial charge in [0.15, 0.2) is 0 Å². The molecule has 8 heteroatoms. The van der Waals surface area contributed by atoms with Gasteiger partial charge >= 0.3 is 0 Å². The molecule has 0 saturated carbocycles. The van der Waals surface area contributed by atoms with E-state index >= 15 is 0 Å². The second-order valence-corrected chi connectivity index (χ2v) is 10.4. The van der Waals surface area contributed by atoms with Crippen LogP contribution in [0.1, 0.15) is 47.6 Å². The molecular formula is C19H23ClN2O3S2. The molecule has 5 nitrogen and oxygen atoms in total. The van der Waals surface area contributed by atoms with E-state index in [1.54, 1.807) is 30.1 Å². The number of benzene rings is 1. The molecule has 1 aromatic carbocycles. The van der Waals surface area contributed by atoms with Gasteiger partial charge in [0.2, 0.25) is 10.0 Å². The van der Waals surface area contributed by atoms with Crippen molar-refractivity contribution >= 4 is 38.9 Å². The number of rotatable bonds is 4. The Morgan fingerprint density at radius 3 is 2.70 bits per heavy atom. The van der Waals surface area contributed by atoms with E-state index < -0.39 is 10.0 Å². The van der Waals surface area contributed by atoms with Crippen molar-refractivity contribution in [2.75, 3.05) is 13.6 Å². The summed E-state index contributed by atoms with van der Waals surface area (Å²) < 4.78 is 26.9. The van der Waals surface area contributed by atoms with Crippen molar-refractivity contribution in [3.63, 3.8) is 0 Å². The molecule has 2 aromatic rings. The smallest absolute Gasteiger partial charge is 0.255 e. The topological polar surface area (TPSA) is 57.7 Å². The predicted molar refractivity (Wildman–Crippen MR) is 109 cm³/mol. The first-order chi connectivity index (χ1) is 12.6. The van der Waals surface area contributed by atoms with Gasteiger partial charge in [-0.2, -0.15) is 4.31 Å². The van der Waals surface area contributed by atoms with Crippen LogP contribution in [0.2, 0.25) is 5.02 Å². The van der Waals surface area contributed by atoms with Gasteiger partial charge in [0.1, 0.15) is 0 Å². The van der Waals surface area contributed by atoms with Crippen molar-refractivity contribution in [3.8, 4) is 0 Å². The van der Waals surface area contributed by atoms with Crippen LogP contribution in [0.15, 0.2) is 34.5 Å². The number of carbonyl (C=O) groups is 1. The van der Waals surface area contributed by atoms with Crippen LogP contribution in [-0.4, -0.2) is 43.2 Å². The predicted octanol–water partition coefficient (Wildman–Crippen LogP) is 4.19. The van der Waals surface area contributed by atoms with Crippen LogP contribution in [0.3, 0.4) is 0 Å². The standard InChI is InChI=1S/C19H23ClN2O3S2/c1-12(2)21(4)27(24,25)14-5-6-17(20)16(11-14)19(23)22-9-7-18-15(13(22)3)8-10-26-18/h5-6,8,10-13H,7,9H2,1-4H3. The average Bonchev–Trinajstić information content (AvgIpc) is 3.10. The lowest BCUT2D eigenvalue weighted by Crippen LogP contribution is -2.38. The number of thiophene rings is 1. The second-order valence-electron chi connectivity index (χ2n) is 6.98. The first-order valence-electron chi connectivity index (χ1n) is 8.79. The fraction of sp³-hybridized carbons (Fsp3) is 0.421. The molecule has 27 heavy (non-hydrogen) atoms. The minimum atomic E-state index is -3.69. The normalized spacial score (nSPS) is 17.4. The van der Waals surface area contributed by atoms with Crippen molar-refractivity contribution in [2.45, 2.75) is 44.2 Å². The highest BCUT2D eigenvalue weighted by molar-refractivity contribution is 7.89. The van der Waals surface area contributed by atoms with Gasteiger partial charge in [-0.05, 0) is 62.4 Å². The zero-order valence-corrected chi connectivity index (χ0v) is 18.2. The summed E-state index contributed by atoms with van der Waals surface area (Å²) in [5.74, 6) is -0.242. The van der Waals surface area contributed by atoms with Crippen LogP contribution in [-0.2, 0) is 16.4 Å². The molecule has 1 aromatic heterocycles. The van der Waals surface area contributed by atoms with E-state index in [0.29, 0.717) is 6.54 Å². The Labute approximate surface area is 169 Å². The van der Waals surface area contributed by atoms with Gasteiger partial charge in [-0.25, -0.2) is 8.42 Å². The zero-order chi connectivity index (χ0) is 19.9. The van der Waals surface area contributed by atoms with Gasteiger partial charge in [0.05, 0.1) is 21.5 Å². The Bertz CT molecular complexity index is 969. The highest BCUT2D eigenvalue weighted by atomic mass is 35.5. The number of sulfonamides is 1.